The van der Waals surface area contributed by atoms with Gasteiger partial charge in [0.25, 0.3) is 0 Å². The third kappa shape index (κ3) is 7.34. The number of hydrogen-bond acceptors (Lipinski definition) is 8. The van der Waals surface area contributed by atoms with Crippen molar-refractivity contribution >= 4 is 23.7 Å². The van der Waals surface area contributed by atoms with Crippen LogP contribution in [-0.4, -0.2) is 64.2 Å². The van der Waals surface area contributed by atoms with Gasteiger partial charge in [-0.1, -0.05) is 37.2 Å². The number of benzene rings is 1. The average molecular weight is 488 g/mol. The summed E-state index contributed by atoms with van der Waals surface area (Å²) in [5, 5.41) is 24.0. The summed E-state index contributed by atoms with van der Waals surface area (Å²) in [6.07, 6.45) is 3.21. The molecule has 0 radical (unpaired) electrons. The van der Waals surface area contributed by atoms with Crippen LogP contribution in [0.15, 0.2) is 40.7 Å². The molecule has 188 valence electrons. The van der Waals surface area contributed by atoms with Gasteiger partial charge < -0.3 is 25.7 Å². The minimum atomic E-state index is -1.34. The highest BCUT2D eigenvalue weighted by Gasteiger charge is 2.20. The van der Waals surface area contributed by atoms with Gasteiger partial charge in [-0.3, -0.25) is 5.32 Å². The fourth-order valence-electron chi connectivity index (χ4n) is 3.27. The normalized spacial score (nSPS) is 14.6. The lowest BCUT2D eigenvalue weighted by atomic mass is 9.97. The Bertz CT molecular complexity index is 1080. The zero-order valence-electron chi connectivity index (χ0n) is 19.7. The quantitative estimate of drug-likeness (QED) is 0.251. The number of nitrogens with zero attached hydrogens (tertiary/aromatic N) is 5. The molecule has 11 nitrogen and oxygen atoms in total. The fourth-order valence-corrected chi connectivity index (χ4v) is 3.27. The third-order valence-electron chi connectivity index (χ3n) is 5.38. The number of amides is 1. The Labute approximate surface area is 202 Å². The SMILES string of the molecule is CC(C)(CO)CON=C1CCN(c2ncc(-c3cccc(CN=C(N)NC(=O)O)c3F)cn2)CC1. The van der Waals surface area contributed by atoms with Gasteiger partial charge in [-0.25, -0.2) is 24.1 Å². The molecule has 0 atom stereocenters. The van der Waals surface area contributed by atoms with E-state index in [-0.39, 0.29) is 30.1 Å². The number of nitrogens with one attached hydrogen (secondary N) is 1. The van der Waals surface area contributed by atoms with Crippen LogP contribution in [-0.2, 0) is 11.4 Å². The van der Waals surface area contributed by atoms with Crippen molar-refractivity contribution < 1.29 is 24.2 Å². The molecule has 1 aromatic carbocycles. The van der Waals surface area contributed by atoms with Crippen molar-refractivity contribution in [3.05, 3.63) is 42.0 Å². The highest BCUT2D eigenvalue weighted by Crippen LogP contribution is 2.26. The molecule has 0 bridgehead atoms. The maximum atomic E-state index is 15.0. The number of piperidine rings is 1. The van der Waals surface area contributed by atoms with E-state index >= 15 is 4.39 Å². The van der Waals surface area contributed by atoms with E-state index in [1.807, 2.05) is 24.1 Å². The van der Waals surface area contributed by atoms with E-state index in [0.29, 0.717) is 49.6 Å². The lowest BCUT2D eigenvalue weighted by molar-refractivity contribution is 0.0306. The van der Waals surface area contributed by atoms with E-state index in [1.54, 1.807) is 30.6 Å². The molecule has 1 aliphatic heterocycles. The highest BCUT2D eigenvalue weighted by molar-refractivity contribution is 5.92. The number of guanidine groups is 1. The lowest BCUT2D eigenvalue weighted by Gasteiger charge is -2.27. The van der Waals surface area contributed by atoms with Crippen LogP contribution in [0.1, 0.15) is 32.3 Å². The number of carbonyl (C=O) groups is 1. The molecule has 1 aliphatic rings. The number of nitrogens with two attached hydrogens (primary N) is 1. The molecule has 12 heteroatoms. The van der Waals surface area contributed by atoms with Gasteiger partial charge in [-0.05, 0) is 0 Å². The molecule has 1 saturated heterocycles. The Morgan fingerprint density at radius 1 is 1.29 bits per heavy atom. The molecule has 0 unspecified atom stereocenters. The third-order valence-corrected chi connectivity index (χ3v) is 5.38. The largest absolute Gasteiger partial charge is 0.465 e. The van der Waals surface area contributed by atoms with Crippen LogP contribution in [0.5, 0.6) is 0 Å². The van der Waals surface area contributed by atoms with Crippen LogP contribution in [0.3, 0.4) is 0 Å². The summed E-state index contributed by atoms with van der Waals surface area (Å²) in [6, 6.07) is 4.84. The molecule has 0 saturated carbocycles. The molecule has 5 N–H and O–H groups in total. The maximum absolute atomic E-state index is 15.0. The number of oxime groups is 1. The van der Waals surface area contributed by atoms with Crippen molar-refractivity contribution in [3.8, 4) is 11.1 Å². The zero-order chi connectivity index (χ0) is 25.4. The first-order valence-electron chi connectivity index (χ1n) is 11.1. The minimum Gasteiger partial charge on any atom is -0.465 e. The molecule has 0 spiro atoms. The monoisotopic (exact) mass is 487 g/mol. The predicted octanol–water partition coefficient (Wildman–Crippen LogP) is 2.36. The Hall–Kier alpha value is -3.80. The predicted molar refractivity (Wildman–Crippen MR) is 130 cm³/mol. The molecule has 1 amide bonds. The number of carboxylic acid groups (broad SMARTS) is 1. The fraction of sp³-hybridized carbons (Fsp3) is 0.435. The van der Waals surface area contributed by atoms with Gasteiger partial charge in [-0.2, -0.15) is 0 Å². The average Bonchev–Trinajstić information content (AvgIpc) is 2.83. The van der Waals surface area contributed by atoms with Crippen LogP contribution in [0.25, 0.3) is 11.1 Å². The Kier molecular flexibility index (Phi) is 8.53. The van der Waals surface area contributed by atoms with Crippen LogP contribution >= 0.6 is 0 Å². The second-order valence-corrected chi connectivity index (χ2v) is 8.92. The van der Waals surface area contributed by atoms with Gasteiger partial charge in [0.2, 0.25) is 5.95 Å². The summed E-state index contributed by atoms with van der Waals surface area (Å²) in [5.41, 5.74) is 7.14. The van der Waals surface area contributed by atoms with Crippen LogP contribution in [0, 0.1) is 11.2 Å². The van der Waals surface area contributed by atoms with E-state index < -0.39 is 11.9 Å². The molecule has 0 aliphatic carbocycles. The van der Waals surface area contributed by atoms with Gasteiger partial charge in [0.15, 0.2) is 5.96 Å². The summed E-state index contributed by atoms with van der Waals surface area (Å²) in [6.45, 7) is 5.42. The van der Waals surface area contributed by atoms with Gasteiger partial charge in [0.1, 0.15) is 12.4 Å². The second-order valence-electron chi connectivity index (χ2n) is 8.92. The number of anilines is 1. The molecule has 2 heterocycles. The first-order chi connectivity index (χ1) is 16.7. The van der Waals surface area contributed by atoms with Crippen molar-refractivity contribution in [1.29, 1.82) is 0 Å². The molecule has 1 aromatic heterocycles. The zero-order valence-corrected chi connectivity index (χ0v) is 19.7. The molecular formula is C23H30FN7O4. The first-order valence-corrected chi connectivity index (χ1v) is 11.1. The number of rotatable bonds is 8. The van der Waals surface area contributed by atoms with Gasteiger partial charge in [0.05, 0.1) is 18.9 Å². The Morgan fingerprint density at radius 2 is 1.97 bits per heavy atom. The van der Waals surface area contributed by atoms with Crippen molar-refractivity contribution in [1.82, 2.24) is 15.3 Å². The van der Waals surface area contributed by atoms with E-state index in [4.69, 9.17) is 15.7 Å². The van der Waals surface area contributed by atoms with E-state index in [2.05, 4.69) is 20.1 Å². The van der Waals surface area contributed by atoms with Crippen molar-refractivity contribution in [2.24, 2.45) is 21.3 Å². The van der Waals surface area contributed by atoms with Crippen LogP contribution in [0.4, 0.5) is 15.1 Å². The first kappa shape index (κ1) is 25.8. The van der Waals surface area contributed by atoms with Gasteiger partial charge in [-0.15, -0.1) is 0 Å². The second kappa shape index (κ2) is 11.6. The van der Waals surface area contributed by atoms with Gasteiger partial charge >= 0.3 is 6.09 Å². The standard InChI is InChI=1S/C23H30FN7O4/c1-23(2,13-32)14-35-30-17-6-8-31(9-7-17)21-27-11-16(12-28-21)18-5-3-4-15(19(18)24)10-26-20(25)29-22(33)34/h3-5,11-12,32H,6-10,13-14H2,1-2H3,(H,33,34)(H3,25,26,29). The number of aliphatic imine (C=N–C) groups is 1. The van der Waals surface area contributed by atoms with Crippen molar-refractivity contribution in [2.75, 3.05) is 31.2 Å². The summed E-state index contributed by atoms with van der Waals surface area (Å²) in [5.74, 6) is -0.270. The summed E-state index contributed by atoms with van der Waals surface area (Å²) < 4.78 is 15.0. The minimum absolute atomic E-state index is 0.0278. The van der Waals surface area contributed by atoms with E-state index in [1.165, 1.54) is 0 Å². The summed E-state index contributed by atoms with van der Waals surface area (Å²) >= 11 is 0. The molecule has 35 heavy (non-hydrogen) atoms. The van der Waals surface area contributed by atoms with Gasteiger partial charge in [0, 0.05) is 60.4 Å². The summed E-state index contributed by atoms with van der Waals surface area (Å²) in [7, 11) is 0. The molecule has 2 aromatic rings. The van der Waals surface area contributed by atoms with E-state index in [0.717, 1.165) is 5.71 Å². The molecule has 3 rings (SSSR count). The van der Waals surface area contributed by atoms with Crippen LogP contribution < -0.4 is 16.0 Å². The van der Waals surface area contributed by atoms with Crippen molar-refractivity contribution in [3.63, 3.8) is 0 Å². The highest BCUT2D eigenvalue weighted by atomic mass is 19.1. The smallest absolute Gasteiger partial charge is 0.411 e. The summed E-state index contributed by atoms with van der Waals surface area (Å²) in [4.78, 5) is 30.7. The Balaban J connectivity index is 1.61. The van der Waals surface area contributed by atoms with E-state index in [9.17, 15) is 9.90 Å². The number of aromatic nitrogens is 2. The number of aliphatic hydroxyl groups excluding tert-OH is 1. The lowest BCUT2D eigenvalue weighted by Crippen LogP contribution is -2.35. The Morgan fingerprint density at radius 3 is 2.60 bits per heavy atom. The van der Waals surface area contributed by atoms with Crippen LogP contribution in [0.2, 0.25) is 0 Å². The number of aliphatic hydroxyl groups is 1. The number of halogens is 1. The number of hydrogen-bond donors (Lipinski definition) is 4. The molecule has 1 fully saturated rings. The topological polar surface area (TPSA) is 159 Å². The maximum Gasteiger partial charge on any atom is 0.411 e. The molecular weight excluding hydrogens is 457 g/mol. The van der Waals surface area contributed by atoms with Crippen molar-refractivity contribution in [2.45, 2.75) is 33.2 Å².